The van der Waals surface area contributed by atoms with Crippen LogP contribution in [-0.4, -0.2) is 21.1 Å². The van der Waals surface area contributed by atoms with Gasteiger partial charge in [0.15, 0.2) is 11.6 Å². The Kier molecular flexibility index (Phi) is 5.87. The smallest absolute Gasteiger partial charge is 0.406 e. The second kappa shape index (κ2) is 8.34. The van der Waals surface area contributed by atoms with Crippen molar-refractivity contribution in [3.05, 3.63) is 63.5 Å². The van der Waals surface area contributed by atoms with E-state index in [1.165, 1.54) is 22.9 Å². The molecule has 0 bridgehead atoms. The topological polar surface area (TPSA) is 39.9 Å². The molecule has 0 saturated carbocycles. The van der Waals surface area contributed by atoms with Gasteiger partial charge in [-0.05, 0) is 24.3 Å². The highest BCUT2D eigenvalue weighted by atomic mass is 35.5. The second-order valence-electron chi connectivity index (χ2n) is 6.46. The number of hydrogen-bond acceptors (Lipinski definition) is 4. The van der Waals surface area contributed by atoms with Crippen LogP contribution in [0.4, 0.5) is 22.0 Å². The fourth-order valence-corrected chi connectivity index (χ4v) is 4.64. The minimum Gasteiger partial charge on any atom is -0.406 e. The van der Waals surface area contributed by atoms with Gasteiger partial charge >= 0.3 is 6.36 Å². The van der Waals surface area contributed by atoms with E-state index in [0.29, 0.717) is 11.6 Å². The predicted molar refractivity (Wildman–Crippen MR) is 112 cm³/mol. The van der Waals surface area contributed by atoms with Gasteiger partial charge in [0.25, 0.3) is 0 Å². The molecule has 12 heteroatoms. The molecule has 0 atom stereocenters. The van der Waals surface area contributed by atoms with E-state index in [2.05, 4.69) is 14.8 Å². The second-order valence-corrected chi connectivity index (χ2v) is 8.13. The molecule has 166 valence electrons. The normalized spacial score (nSPS) is 11.8. The Morgan fingerprint density at radius 1 is 1.03 bits per heavy atom. The van der Waals surface area contributed by atoms with Crippen LogP contribution in [0, 0.1) is 11.6 Å². The van der Waals surface area contributed by atoms with Crippen molar-refractivity contribution in [3.63, 3.8) is 0 Å². The van der Waals surface area contributed by atoms with Crippen LogP contribution in [0.1, 0.15) is 0 Å². The van der Waals surface area contributed by atoms with E-state index in [9.17, 15) is 22.0 Å². The SMILES string of the molecule is Cn1nc(-c2c(F)cccc2Cl)nc1-c1csc(-c2ccc(OC(F)(F)F)cc2F)c1Cl. The standard InChI is InChI=1S/C20H10Cl2F5N3OS/c1-30-19(28-18(29-30)15-12(21)3-2-4-13(15)23)11-8-32-17(16(11)22)10-6-5-9(7-14(10)24)31-20(25,26)27/h2-8H,1H3. The number of thiophene rings is 1. The third-order valence-corrected chi connectivity index (χ3v) is 6.17. The Hall–Kier alpha value is -2.69. The molecule has 0 N–H and O–H groups in total. The van der Waals surface area contributed by atoms with E-state index < -0.39 is 23.7 Å². The van der Waals surface area contributed by atoms with Crippen molar-refractivity contribution in [2.45, 2.75) is 6.36 Å². The molecule has 4 rings (SSSR count). The molecule has 2 heterocycles. The minimum atomic E-state index is -4.94. The molecule has 4 nitrogen and oxygen atoms in total. The highest BCUT2D eigenvalue weighted by molar-refractivity contribution is 7.14. The summed E-state index contributed by atoms with van der Waals surface area (Å²) in [5, 5.41) is 6.02. The highest BCUT2D eigenvalue weighted by Gasteiger charge is 2.31. The monoisotopic (exact) mass is 505 g/mol. The van der Waals surface area contributed by atoms with E-state index in [4.69, 9.17) is 23.2 Å². The number of aromatic nitrogens is 3. The van der Waals surface area contributed by atoms with Gasteiger partial charge in [-0.3, -0.25) is 0 Å². The molecule has 2 aromatic carbocycles. The fourth-order valence-electron chi connectivity index (χ4n) is 2.99. The van der Waals surface area contributed by atoms with Crippen molar-refractivity contribution in [2.24, 2.45) is 7.05 Å². The predicted octanol–water partition coefficient (Wildman–Crippen LogP) is 7.36. The zero-order valence-corrected chi connectivity index (χ0v) is 18.2. The number of ether oxygens (including phenoxy) is 1. The van der Waals surface area contributed by atoms with Gasteiger partial charge in [-0.2, -0.15) is 5.10 Å². The number of nitrogens with zero attached hydrogens (tertiary/aromatic N) is 3. The molecule has 0 radical (unpaired) electrons. The maximum Gasteiger partial charge on any atom is 0.573 e. The maximum atomic E-state index is 14.5. The first kappa shape index (κ1) is 22.5. The Morgan fingerprint density at radius 2 is 1.78 bits per heavy atom. The molecule has 0 aliphatic heterocycles. The summed E-state index contributed by atoms with van der Waals surface area (Å²) in [5.74, 6) is -1.93. The lowest BCUT2D eigenvalue weighted by molar-refractivity contribution is -0.274. The molecule has 32 heavy (non-hydrogen) atoms. The number of rotatable bonds is 4. The summed E-state index contributed by atoms with van der Waals surface area (Å²) in [5.41, 5.74) is 0.393. The number of aryl methyl sites for hydroxylation is 1. The van der Waals surface area contributed by atoms with Crippen molar-refractivity contribution in [3.8, 4) is 39.0 Å². The number of halogens is 7. The molecule has 0 saturated heterocycles. The molecular weight excluding hydrogens is 496 g/mol. The molecule has 0 unspecified atom stereocenters. The van der Waals surface area contributed by atoms with Crippen molar-refractivity contribution < 1.29 is 26.7 Å². The lowest BCUT2D eigenvalue weighted by atomic mass is 10.1. The summed E-state index contributed by atoms with van der Waals surface area (Å²) in [6.45, 7) is 0. The van der Waals surface area contributed by atoms with Crippen LogP contribution in [0.3, 0.4) is 0 Å². The average Bonchev–Trinajstić information content (AvgIpc) is 3.23. The lowest BCUT2D eigenvalue weighted by Gasteiger charge is -2.10. The van der Waals surface area contributed by atoms with Gasteiger partial charge in [-0.15, -0.1) is 24.5 Å². The third-order valence-electron chi connectivity index (χ3n) is 4.34. The van der Waals surface area contributed by atoms with Crippen molar-refractivity contribution in [1.82, 2.24) is 14.8 Å². The summed E-state index contributed by atoms with van der Waals surface area (Å²) in [6.07, 6.45) is -4.94. The summed E-state index contributed by atoms with van der Waals surface area (Å²) in [4.78, 5) is 4.60. The molecule has 0 spiro atoms. The number of hydrogen-bond donors (Lipinski definition) is 0. The largest absolute Gasteiger partial charge is 0.573 e. The van der Waals surface area contributed by atoms with Gasteiger partial charge in [-0.25, -0.2) is 18.4 Å². The third kappa shape index (κ3) is 4.30. The summed E-state index contributed by atoms with van der Waals surface area (Å²) >= 11 is 13.6. The summed E-state index contributed by atoms with van der Waals surface area (Å²) in [7, 11) is 1.57. The average molecular weight is 506 g/mol. The van der Waals surface area contributed by atoms with E-state index in [1.54, 1.807) is 12.4 Å². The van der Waals surface area contributed by atoms with Crippen LogP contribution in [0.15, 0.2) is 41.8 Å². The van der Waals surface area contributed by atoms with Gasteiger partial charge in [0.05, 0.1) is 20.5 Å². The minimum absolute atomic E-state index is 0.0136. The van der Waals surface area contributed by atoms with Crippen molar-refractivity contribution in [2.75, 3.05) is 0 Å². The first-order valence-electron chi connectivity index (χ1n) is 8.73. The van der Waals surface area contributed by atoms with Gasteiger partial charge < -0.3 is 4.74 Å². The van der Waals surface area contributed by atoms with Crippen LogP contribution in [-0.2, 0) is 7.05 Å². The quantitative estimate of drug-likeness (QED) is 0.272. The van der Waals surface area contributed by atoms with Crippen LogP contribution >= 0.6 is 34.5 Å². The zero-order chi connectivity index (χ0) is 23.2. The number of alkyl halides is 3. The van der Waals surface area contributed by atoms with E-state index in [1.807, 2.05) is 0 Å². The molecule has 0 fully saturated rings. The molecule has 4 aromatic rings. The van der Waals surface area contributed by atoms with E-state index in [0.717, 1.165) is 23.5 Å². The first-order chi connectivity index (χ1) is 15.0. The number of benzene rings is 2. The molecule has 0 aliphatic rings. The molecule has 0 aliphatic carbocycles. The molecule has 0 amide bonds. The van der Waals surface area contributed by atoms with Crippen LogP contribution < -0.4 is 4.74 Å². The van der Waals surface area contributed by atoms with Crippen molar-refractivity contribution in [1.29, 1.82) is 0 Å². The fraction of sp³-hybridized carbons (Fsp3) is 0.100. The molecular formula is C20H10Cl2F5N3OS. The van der Waals surface area contributed by atoms with Gasteiger partial charge in [0.2, 0.25) is 0 Å². The van der Waals surface area contributed by atoms with Gasteiger partial charge in [0, 0.05) is 29.6 Å². The highest BCUT2D eigenvalue weighted by Crippen LogP contribution is 2.43. The Labute approximate surface area is 191 Å². The van der Waals surface area contributed by atoms with Crippen molar-refractivity contribution >= 4 is 34.5 Å². The van der Waals surface area contributed by atoms with Crippen LogP contribution in [0.25, 0.3) is 33.2 Å². The zero-order valence-electron chi connectivity index (χ0n) is 15.8. The van der Waals surface area contributed by atoms with E-state index in [-0.39, 0.29) is 37.7 Å². The lowest BCUT2D eigenvalue weighted by Crippen LogP contribution is -2.17. The van der Waals surface area contributed by atoms with Crippen LogP contribution in [0.5, 0.6) is 5.75 Å². The summed E-state index contributed by atoms with van der Waals surface area (Å²) in [6, 6.07) is 6.93. The Bertz CT molecular complexity index is 1300. The van der Waals surface area contributed by atoms with Gasteiger partial charge in [0.1, 0.15) is 17.4 Å². The summed E-state index contributed by atoms with van der Waals surface area (Å²) < 4.78 is 70.9. The Morgan fingerprint density at radius 3 is 2.44 bits per heavy atom. The Balaban J connectivity index is 1.73. The van der Waals surface area contributed by atoms with Gasteiger partial charge in [-0.1, -0.05) is 29.3 Å². The van der Waals surface area contributed by atoms with E-state index >= 15 is 0 Å². The maximum absolute atomic E-state index is 14.5. The van der Waals surface area contributed by atoms with Crippen LogP contribution in [0.2, 0.25) is 10.0 Å². The first-order valence-corrected chi connectivity index (χ1v) is 10.4. The molecule has 2 aromatic heterocycles.